The molecule has 2 saturated heterocycles. The van der Waals surface area contributed by atoms with E-state index in [2.05, 4.69) is 27.0 Å². The standard InChI is InChI=1S/C41H40N6O8/c1-44-23-31(27-13-14-42-22-30(27)39(44)51)26-20-34(54-2)32(35(21-26)55-3)24-45-15-4-5-17-46(18-6-16-45)37(49)12-8-25-7-9-28-29(19-25)41(53)47(40(28)52)33-10-11-36(48)43-38(33)50/h7,9,13-14,19-23,33H,4-6,10-11,15-18,24H2,1-3H3,(H,43,48,50). The van der Waals surface area contributed by atoms with Gasteiger partial charge in [-0.1, -0.05) is 5.92 Å². The lowest BCUT2D eigenvalue weighted by atomic mass is 9.99. The second-order valence-corrected chi connectivity index (χ2v) is 13.8. The van der Waals surface area contributed by atoms with Crippen molar-refractivity contribution in [3.8, 4) is 34.5 Å². The van der Waals surface area contributed by atoms with E-state index in [1.54, 1.807) is 49.2 Å². The van der Waals surface area contributed by atoms with Crippen LogP contribution in [0.25, 0.3) is 21.9 Å². The Bertz CT molecular complexity index is 2350. The summed E-state index contributed by atoms with van der Waals surface area (Å²) in [6.45, 7) is 3.14. The van der Waals surface area contributed by atoms with Crippen LogP contribution in [0.5, 0.6) is 11.5 Å². The first-order valence-electron chi connectivity index (χ1n) is 18.2. The zero-order valence-corrected chi connectivity index (χ0v) is 30.8. The fourth-order valence-corrected chi connectivity index (χ4v) is 7.52. The third-order valence-electron chi connectivity index (χ3n) is 10.4. The van der Waals surface area contributed by atoms with Gasteiger partial charge in [-0.2, -0.15) is 0 Å². The quantitative estimate of drug-likeness (QED) is 0.230. The molecule has 1 unspecified atom stereocenters. The highest BCUT2D eigenvalue weighted by atomic mass is 16.5. The smallest absolute Gasteiger partial charge is 0.298 e. The minimum Gasteiger partial charge on any atom is -0.496 e. The predicted molar refractivity (Wildman–Crippen MR) is 201 cm³/mol. The van der Waals surface area contributed by atoms with Crippen LogP contribution in [-0.2, 0) is 28.0 Å². The number of imide groups is 2. The zero-order chi connectivity index (χ0) is 38.8. The summed E-state index contributed by atoms with van der Waals surface area (Å²) in [4.78, 5) is 85.4. The monoisotopic (exact) mass is 744 g/mol. The van der Waals surface area contributed by atoms with Crippen molar-refractivity contribution >= 4 is 40.3 Å². The van der Waals surface area contributed by atoms with E-state index in [1.165, 1.54) is 12.1 Å². The summed E-state index contributed by atoms with van der Waals surface area (Å²) in [5, 5.41) is 3.50. The molecule has 282 valence electrons. The number of aromatic nitrogens is 2. The highest BCUT2D eigenvalue weighted by Crippen LogP contribution is 2.38. The SMILES string of the molecule is COc1cc(-c2cn(C)c(=O)c3cnccc23)cc(OC)c1CN1CCCCN(C(=O)C#Cc2ccc3c(c2)C(=O)N(C2CCC(=O)NC2=O)C3=O)CCC1. The van der Waals surface area contributed by atoms with Crippen LogP contribution >= 0.6 is 0 Å². The van der Waals surface area contributed by atoms with Crippen molar-refractivity contribution in [1.82, 2.24) is 29.6 Å². The molecule has 55 heavy (non-hydrogen) atoms. The highest BCUT2D eigenvalue weighted by Gasteiger charge is 2.44. The second-order valence-electron chi connectivity index (χ2n) is 13.8. The van der Waals surface area contributed by atoms with E-state index in [4.69, 9.17) is 9.47 Å². The minimum absolute atomic E-state index is 0.0334. The van der Waals surface area contributed by atoms with Crippen molar-refractivity contribution in [3.63, 3.8) is 0 Å². The van der Waals surface area contributed by atoms with E-state index < -0.39 is 29.7 Å². The van der Waals surface area contributed by atoms with Crippen molar-refractivity contribution in [1.29, 1.82) is 0 Å². The maximum absolute atomic E-state index is 13.3. The Morgan fingerprint density at radius 3 is 2.33 bits per heavy atom. The number of hydrogen-bond donors (Lipinski definition) is 1. The fourth-order valence-electron chi connectivity index (χ4n) is 7.52. The Morgan fingerprint density at radius 2 is 1.58 bits per heavy atom. The van der Waals surface area contributed by atoms with Crippen molar-refractivity contribution < 1.29 is 33.4 Å². The Kier molecular flexibility index (Phi) is 10.5. The maximum Gasteiger partial charge on any atom is 0.298 e. The lowest BCUT2D eigenvalue weighted by Gasteiger charge is -2.27. The van der Waals surface area contributed by atoms with E-state index in [9.17, 15) is 28.8 Å². The molecule has 1 N–H and O–H groups in total. The first-order valence-corrected chi connectivity index (χ1v) is 18.2. The number of carbonyl (C=O) groups is 5. The number of ether oxygens (including phenoxy) is 2. The van der Waals surface area contributed by atoms with Crippen LogP contribution in [0, 0.1) is 11.8 Å². The predicted octanol–water partition coefficient (Wildman–Crippen LogP) is 2.89. The molecule has 5 heterocycles. The van der Waals surface area contributed by atoms with Gasteiger partial charge in [0.2, 0.25) is 11.8 Å². The van der Waals surface area contributed by atoms with Crippen LogP contribution in [-0.4, -0.2) is 100 Å². The summed E-state index contributed by atoms with van der Waals surface area (Å²) in [7, 11) is 4.98. The van der Waals surface area contributed by atoms with Crippen LogP contribution in [0.15, 0.2) is 59.8 Å². The van der Waals surface area contributed by atoms with E-state index >= 15 is 0 Å². The number of carbonyl (C=O) groups excluding carboxylic acids is 5. The molecule has 0 bridgehead atoms. The van der Waals surface area contributed by atoms with Crippen LogP contribution < -0.4 is 20.3 Å². The lowest BCUT2D eigenvalue weighted by molar-refractivity contribution is -0.136. The van der Waals surface area contributed by atoms with E-state index in [0.717, 1.165) is 46.4 Å². The van der Waals surface area contributed by atoms with Crippen molar-refractivity contribution in [2.45, 2.75) is 44.7 Å². The number of nitrogens with one attached hydrogen (secondary N) is 1. The molecule has 1 atom stereocenters. The first kappa shape index (κ1) is 37.0. The Labute approximate surface area is 317 Å². The Morgan fingerprint density at radius 1 is 0.873 bits per heavy atom. The van der Waals surface area contributed by atoms with Gasteiger partial charge in [0.15, 0.2) is 0 Å². The number of nitrogens with zero attached hydrogens (tertiary/aromatic N) is 5. The number of piperidine rings is 1. The normalized spacial score (nSPS) is 17.8. The first-order chi connectivity index (χ1) is 26.6. The van der Waals surface area contributed by atoms with Gasteiger partial charge >= 0.3 is 0 Å². The third kappa shape index (κ3) is 7.30. The summed E-state index contributed by atoms with van der Waals surface area (Å²) in [6, 6.07) is 9.23. The van der Waals surface area contributed by atoms with Gasteiger partial charge in [-0.15, -0.1) is 0 Å². The van der Waals surface area contributed by atoms with Crippen LogP contribution in [0.4, 0.5) is 0 Å². The molecule has 3 aliphatic heterocycles. The largest absolute Gasteiger partial charge is 0.496 e. The summed E-state index contributed by atoms with van der Waals surface area (Å²) in [5.41, 5.74) is 3.13. The number of hydrogen-bond acceptors (Lipinski definition) is 10. The van der Waals surface area contributed by atoms with Crippen LogP contribution in [0.1, 0.15) is 63.9 Å². The molecule has 2 fully saturated rings. The molecule has 4 aromatic rings. The van der Waals surface area contributed by atoms with Gasteiger partial charge in [0.1, 0.15) is 17.5 Å². The van der Waals surface area contributed by atoms with Gasteiger partial charge in [0, 0.05) is 75.3 Å². The second kappa shape index (κ2) is 15.6. The van der Waals surface area contributed by atoms with Gasteiger partial charge in [-0.05, 0) is 79.6 Å². The zero-order valence-electron chi connectivity index (χ0n) is 30.8. The van der Waals surface area contributed by atoms with Crippen LogP contribution in [0.2, 0.25) is 0 Å². The van der Waals surface area contributed by atoms with Gasteiger partial charge in [0.05, 0.1) is 36.3 Å². The van der Waals surface area contributed by atoms with Gasteiger partial charge in [-0.25, -0.2) is 0 Å². The Hall–Kier alpha value is -6.33. The van der Waals surface area contributed by atoms with E-state index in [0.29, 0.717) is 55.0 Å². The number of pyridine rings is 2. The lowest BCUT2D eigenvalue weighted by Crippen LogP contribution is -2.54. The van der Waals surface area contributed by atoms with Crippen molar-refractivity contribution in [2.75, 3.05) is 40.4 Å². The molecule has 2 aromatic heterocycles. The molecule has 14 nitrogen and oxygen atoms in total. The van der Waals surface area contributed by atoms with Crippen LogP contribution in [0.3, 0.4) is 0 Å². The van der Waals surface area contributed by atoms with Gasteiger partial charge < -0.3 is 18.9 Å². The average molecular weight is 745 g/mol. The summed E-state index contributed by atoms with van der Waals surface area (Å²) in [6.07, 6.45) is 7.49. The molecular weight excluding hydrogens is 704 g/mol. The average Bonchev–Trinajstić information content (AvgIpc) is 3.50. The molecule has 14 heteroatoms. The minimum atomic E-state index is -1.06. The summed E-state index contributed by atoms with van der Waals surface area (Å²) in [5.74, 6) is 4.23. The number of rotatable bonds is 6. The molecule has 0 saturated carbocycles. The van der Waals surface area contributed by atoms with E-state index in [-0.39, 0.29) is 35.4 Å². The molecular formula is C41H40N6O8. The number of fused-ring (bicyclic) bond motifs is 2. The molecule has 0 spiro atoms. The maximum atomic E-state index is 13.3. The number of aryl methyl sites for hydroxylation is 1. The molecule has 5 amide bonds. The molecule has 3 aliphatic rings. The number of amides is 5. The Balaban J connectivity index is 1.02. The summed E-state index contributed by atoms with van der Waals surface area (Å²) >= 11 is 0. The number of benzene rings is 2. The molecule has 7 rings (SSSR count). The number of methoxy groups -OCH3 is 2. The van der Waals surface area contributed by atoms with Gasteiger partial charge in [-0.3, -0.25) is 48.9 Å². The molecule has 0 radical (unpaired) electrons. The highest BCUT2D eigenvalue weighted by molar-refractivity contribution is 6.23. The molecule has 0 aliphatic carbocycles. The topological polar surface area (TPSA) is 160 Å². The van der Waals surface area contributed by atoms with E-state index in [1.807, 2.05) is 24.4 Å². The summed E-state index contributed by atoms with van der Waals surface area (Å²) < 4.78 is 13.4. The third-order valence-corrected chi connectivity index (χ3v) is 10.4. The van der Waals surface area contributed by atoms with Gasteiger partial charge in [0.25, 0.3) is 23.3 Å². The van der Waals surface area contributed by atoms with Crippen molar-refractivity contribution in [3.05, 3.63) is 87.6 Å². The van der Waals surface area contributed by atoms with Crippen molar-refractivity contribution in [2.24, 2.45) is 7.05 Å². The fraction of sp³-hybridized carbons (Fsp3) is 0.341. The molecule has 2 aromatic carbocycles.